The topological polar surface area (TPSA) is 90.9 Å². The van der Waals surface area contributed by atoms with Gasteiger partial charge in [-0.1, -0.05) is 19.3 Å². The lowest BCUT2D eigenvalue weighted by Gasteiger charge is -2.31. The van der Waals surface area contributed by atoms with Crippen molar-refractivity contribution in [2.24, 2.45) is 17.8 Å². The van der Waals surface area contributed by atoms with Crippen molar-refractivity contribution in [1.29, 1.82) is 0 Å². The maximum absolute atomic E-state index is 12.7. The molecule has 4 atom stereocenters. The van der Waals surface area contributed by atoms with Gasteiger partial charge in [-0.2, -0.15) is 0 Å². The molecule has 0 spiro atoms. The highest BCUT2D eigenvalue weighted by molar-refractivity contribution is 5.91. The van der Waals surface area contributed by atoms with Crippen LogP contribution in [0.5, 0.6) is 0 Å². The van der Waals surface area contributed by atoms with Crippen LogP contribution in [-0.2, 0) is 28.6 Å². The highest BCUT2D eigenvalue weighted by Crippen LogP contribution is 2.39. The van der Waals surface area contributed by atoms with Crippen molar-refractivity contribution in [1.82, 2.24) is 5.32 Å². The Bertz CT molecular complexity index is 488. The highest BCUT2D eigenvalue weighted by Gasteiger charge is 2.56. The Labute approximate surface area is 148 Å². The minimum atomic E-state index is -0.918. The van der Waals surface area contributed by atoms with Gasteiger partial charge in [0, 0.05) is 6.04 Å². The van der Waals surface area contributed by atoms with Gasteiger partial charge in [-0.15, -0.1) is 0 Å². The summed E-state index contributed by atoms with van der Waals surface area (Å²) in [5.41, 5.74) is 0. The molecular formula is C18H29NO6. The number of ether oxygens (including phenoxy) is 3. The summed E-state index contributed by atoms with van der Waals surface area (Å²) in [6.07, 6.45) is 5.29. The SMILES string of the molecule is CCOC(=O)[C@@H]1[C@H](C(=O)OCC)[C@H](C(=O)OC)N[C@@H]1C1CCCCC1. The monoisotopic (exact) mass is 355 g/mol. The molecule has 0 unspecified atom stereocenters. The Balaban J connectivity index is 2.34. The second-order valence-corrected chi connectivity index (χ2v) is 6.65. The zero-order valence-corrected chi connectivity index (χ0v) is 15.3. The van der Waals surface area contributed by atoms with E-state index >= 15 is 0 Å². The minimum absolute atomic E-state index is 0.187. The standard InChI is InChI=1S/C18H29NO6/c1-4-24-16(20)12-13(17(21)25-5-2)15(18(22)23-3)19-14(12)11-9-7-6-8-10-11/h11-15,19H,4-10H2,1-3H3/t12-,13+,14-,15-/m1/s1. The lowest BCUT2D eigenvalue weighted by atomic mass is 9.76. The number of carbonyl (C=O) groups is 3. The van der Waals surface area contributed by atoms with Crippen molar-refractivity contribution in [2.45, 2.75) is 58.0 Å². The smallest absolute Gasteiger partial charge is 0.323 e. The summed E-state index contributed by atoms with van der Waals surface area (Å²) in [6.45, 7) is 3.84. The van der Waals surface area contributed by atoms with E-state index in [-0.39, 0.29) is 25.2 Å². The van der Waals surface area contributed by atoms with Crippen molar-refractivity contribution in [3.8, 4) is 0 Å². The fourth-order valence-corrected chi connectivity index (χ4v) is 4.16. The van der Waals surface area contributed by atoms with Gasteiger partial charge < -0.3 is 14.2 Å². The molecule has 2 fully saturated rings. The van der Waals surface area contributed by atoms with Gasteiger partial charge >= 0.3 is 17.9 Å². The Morgan fingerprint density at radius 2 is 1.44 bits per heavy atom. The second-order valence-electron chi connectivity index (χ2n) is 6.65. The van der Waals surface area contributed by atoms with Gasteiger partial charge in [-0.25, -0.2) is 0 Å². The van der Waals surface area contributed by atoms with Gasteiger partial charge in [0.2, 0.25) is 0 Å². The summed E-state index contributed by atoms with van der Waals surface area (Å²) >= 11 is 0. The predicted molar refractivity (Wildman–Crippen MR) is 89.5 cm³/mol. The summed E-state index contributed by atoms with van der Waals surface area (Å²) in [4.78, 5) is 37.4. The fraction of sp³-hybridized carbons (Fsp3) is 0.833. The van der Waals surface area contributed by atoms with Gasteiger partial charge in [-0.3, -0.25) is 19.7 Å². The van der Waals surface area contributed by atoms with Crippen molar-refractivity contribution in [3.63, 3.8) is 0 Å². The van der Waals surface area contributed by atoms with E-state index in [1.807, 2.05) is 0 Å². The van der Waals surface area contributed by atoms with Crippen LogP contribution in [0.1, 0.15) is 46.0 Å². The van der Waals surface area contributed by atoms with Crippen LogP contribution in [0.4, 0.5) is 0 Å². The van der Waals surface area contributed by atoms with Crippen LogP contribution in [0.25, 0.3) is 0 Å². The van der Waals surface area contributed by atoms with E-state index in [0.29, 0.717) is 0 Å². The van der Waals surface area contributed by atoms with Crippen LogP contribution >= 0.6 is 0 Å². The van der Waals surface area contributed by atoms with E-state index in [1.54, 1.807) is 13.8 Å². The normalized spacial score (nSPS) is 29.9. The van der Waals surface area contributed by atoms with E-state index in [1.165, 1.54) is 13.5 Å². The zero-order valence-electron chi connectivity index (χ0n) is 15.3. The van der Waals surface area contributed by atoms with Gasteiger partial charge in [0.05, 0.1) is 32.2 Å². The van der Waals surface area contributed by atoms with Crippen molar-refractivity contribution in [3.05, 3.63) is 0 Å². The van der Waals surface area contributed by atoms with E-state index in [4.69, 9.17) is 14.2 Å². The summed E-state index contributed by atoms with van der Waals surface area (Å²) < 4.78 is 15.2. The number of methoxy groups -OCH3 is 1. The maximum Gasteiger partial charge on any atom is 0.323 e. The molecule has 1 N–H and O–H groups in total. The van der Waals surface area contributed by atoms with Crippen molar-refractivity contribution in [2.75, 3.05) is 20.3 Å². The second kappa shape index (κ2) is 9.17. The van der Waals surface area contributed by atoms with Gasteiger partial charge in [0.1, 0.15) is 6.04 Å². The Kier molecular flexibility index (Phi) is 7.23. The third-order valence-corrected chi connectivity index (χ3v) is 5.24. The largest absolute Gasteiger partial charge is 0.468 e. The van der Waals surface area contributed by atoms with Gasteiger partial charge in [0.15, 0.2) is 0 Å². The van der Waals surface area contributed by atoms with Crippen LogP contribution in [-0.4, -0.2) is 50.3 Å². The van der Waals surface area contributed by atoms with E-state index in [0.717, 1.165) is 25.7 Å². The molecule has 0 amide bonds. The van der Waals surface area contributed by atoms with Crippen LogP contribution in [0, 0.1) is 17.8 Å². The molecule has 7 heteroatoms. The molecule has 1 saturated carbocycles. The van der Waals surface area contributed by atoms with Gasteiger partial charge in [0.25, 0.3) is 0 Å². The van der Waals surface area contributed by atoms with Crippen LogP contribution in [0.3, 0.4) is 0 Å². The molecule has 1 saturated heterocycles. The van der Waals surface area contributed by atoms with Crippen molar-refractivity contribution < 1.29 is 28.6 Å². The number of esters is 3. The number of rotatable bonds is 6. The molecule has 0 radical (unpaired) electrons. The molecule has 2 rings (SSSR count). The molecule has 0 aromatic heterocycles. The first-order chi connectivity index (χ1) is 12.0. The maximum atomic E-state index is 12.7. The van der Waals surface area contributed by atoms with Gasteiger partial charge in [-0.05, 0) is 32.6 Å². The minimum Gasteiger partial charge on any atom is -0.468 e. The highest BCUT2D eigenvalue weighted by atomic mass is 16.5. The van der Waals surface area contributed by atoms with E-state index < -0.39 is 35.8 Å². The van der Waals surface area contributed by atoms with E-state index in [9.17, 15) is 14.4 Å². The molecule has 1 aliphatic carbocycles. The van der Waals surface area contributed by atoms with Crippen LogP contribution < -0.4 is 5.32 Å². The summed E-state index contributed by atoms with van der Waals surface area (Å²) in [5.74, 6) is -2.97. The molecule has 25 heavy (non-hydrogen) atoms. The van der Waals surface area contributed by atoms with Crippen LogP contribution in [0.15, 0.2) is 0 Å². The molecule has 0 bridgehead atoms. The lowest BCUT2D eigenvalue weighted by molar-refractivity contribution is -0.162. The summed E-state index contributed by atoms with van der Waals surface area (Å²) in [6, 6.07) is -1.16. The Morgan fingerprint density at radius 1 is 0.880 bits per heavy atom. The fourth-order valence-electron chi connectivity index (χ4n) is 4.16. The Hall–Kier alpha value is -1.63. The first kappa shape index (κ1) is 19.7. The Morgan fingerprint density at radius 3 is 1.96 bits per heavy atom. The average Bonchev–Trinajstić information content (AvgIpc) is 3.03. The quantitative estimate of drug-likeness (QED) is 0.569. The van der Waals surface area contributed by atoms with Crippen LogP contribution in [0.2, 0.25) is 0 Å². The van der Waals surface area contributed by atoms with Crippen molar-refractivity contribution >= 4 is 17.9 Å². The number of carbonyl (C=O) groups excluding carboxylic acids is 3. The molecule has 1 aliphatic heterocycles. The number of hydrogen-bond donors (Lipinski definition) is 1. The first-order valence-electron chi connectivity index (χ1n) is 9.22. The molecule has 0 aromatic rings. The zero-order chi connectivity index (χ0) is 18.4. The average molecular weight is 355 g/mol. The molecular weight excluding hydrogens is 326 g/mol. The third-order valence-electron chi connectivity index (χ3n) is 5.24. The first-order valence-corrected chi connectivity index (χ1v) is 9.22. The third kappa shape index (κ3) is 4.32. The van der Waals surface area contributed by atoms with E-state index in [2.05, 4.69) is 5.32 Å². The number of nitrogens with one attached hydrogen (secondary N) is 1. The number of hydrogen-bond acceptors (Lipinski definition) is 7. The lowest BCUT2D eigenvalue weighted by Crippen LogP contribution is -2.43. The molecule has 7 nitrogen and oxygen atoms in total. The molecule has 142 valence electrons. The predicted octanol–water partition coefficient (Wildman–Crippen LogP) is 1.44. The molecule has 1 heterocycles. The molecule has 0 aromatic carbocycles. The summed E-state index contributed by atoms with van der Waals surface area (Å²) in [5, 5.41) is 3.21. The molecule has 2 aliphatic rings. The summed E-state index contributed by atoms with van der Waals surface area (Å²) in [7, 11) is 1.28.